The van der Waals surface area contributed by atoms with Gasteiger partial charge in [-0.15, -0.1) is 0 Å². The molecule has 0 aromatic heterocycles. The van der Waals surface area contributed by atoms with Crippen LogP contribution in [-0.4, -0.2) is 86.1 Å². The van der Waals surface area contributed by atoms with Gasteiger partial charge in [-0.3, -0.25) is 18.6 Å². The lowest BCUT2D eigenvalue weighted by Gasteiger charge is -2.24. The van der Waals surface area contributed by atoms with Crippen LogP contribution in [0, 0.1) is 0 Å². The normalized spacial score (nSPS) is 14.2. The molecule has 0 amide bonds. The Kier molecular flexibility index (Phi) is 34.7. The van der Waals surface area contributed by atoms with Gasteiger partial charge in [0.1, 0.15) is 19.8 Å². The van der Waals surface area contributed by atoms with Gasteiger partial charge in [0.15, 0.2) is 6.10 Å². The van der Waals surface area contributed by atoms with Crippen molar-refractivity contribution in [3.63, 3.8) is 0 Å². The van der Waals surface area contributed by atoms with Crippen molar-refractivity contribution < 1.29 is 47.2 Å². The molecule has 0 heterocycles. The largest absolute Gasteiger partial charge is 0.472 e. The summed E-state index contributed by atoms with van der Waals surface area (Å²) in [6, 6.07) is 0. The topological polar surface area (TPSA) is 129 Å². The van der Waals surface area contributed by atoms with Gasteiger partial charge in [0.2, 0.25) is 0 Å². The number of likely N-dealkylation sites (N-methyl/N-ethyl adjacent to an activating group) is 1. The maximum absolute atomic E-state index is 12.7. The minimum atomic E-state index is -4.38. The van der Waals surface area contributed by atoms with Gasteiger partial charge in [-0.1, -0.05) is 162 Å². The number of phosphoric acid groups is 1. The number of rotatable bonds is 40. The standard InChI is InChI=1S/C42H84NO9P/c1-6-8-10-12-13-14-15-16-17-18-22-25-29-33-41(45)49-37-40(38-51-53(47,48)50-36-35-43(3,4)5)52-42(46)34-30-26-23-20-19-21-24-28-32-39(44)31-27-11-9-7-2/h39-40,44H,6-38H2,1-5H3/p+1. The first kappa shape index (κ1) is 52.0. The molecule has 0 aliphatic heterocycles. The number of hydrogen-bond acceptors (Lipinski definition) is 8. The SMILES string of the molecule is CCCCCCCCCCCCCCCC(=O)OCC(COP(=O)(O)OCC[N+](C)(C)C)OC(=O)CCCCCCCCCCC(O)CCCCCC. The Labute approximate surface area is 326 Å². The van der Waals surface area contributed by atoms with Gasteiger partial charge in [0, 0.05) is 12.8 Å². The van der Waals surface area contributed by atoms with Crippen LogP contribution in [0.4, 0.5) is 0 Å². The molecule has 2 N–H and O–H groups in total. The summed E-state index contributed by atoms with van der Waals surface area (Å²) in [7, 11) is 1.45. The lowest BCUT2D eigenvalue weighted by atomic mass is 10.0. The average Bonchev–Trinajstić information content (AvgIpc) is 3.10. The number of phosphoric ester groups is 1. The van der Waals surface area contributed by atoms with Crippen molar-refractivity contribution in [3.8, 4) is 0 Å². The highest BCUT2D eigenvalue weighted by Crippen LogP contribution is 2.43. The molecule has 10 nitrogen and oxygen atoms in total. The van der Waals surface area contributed by atoms with E-state index in [1.54, 1.807) is 0 Å². The second-order valence-corrected chi connectivity index (χ2v) is 17.7. The summed E-state index contributed by atoms with van der Waals surface area (Å²) in [5.41, 5.74) is 0. The molecule has 0 saturated carbocycles. The smallest absolute Gasteiger partial charge is 0.462 e. The second kappa shape index (κ2) is 35.4. The van der Waals surface area contributed by atoms with Crippen molar-refractivity contribution >= 4 is 19.8 Å². The van der Waals surface area contributed by atoms with E-state index in [1.807, 2.05) is 21.1 Å². The zero-order valence-corrected chi connectivity index (χ0v) is 36.0. The molecule has 0 aromatic rings. The quantitative estimate of drug-likeness (QED) is 0.0270. The third-order valence-corrected chi connectivity index (χ3v) is 10.7. The van der Waals surface area contributed by atoms with Gasteiger partial charge in [-0.05, 0) is 25.7 Å². The zero-order valence-electron chi connectivity index (χ0n) is 35.1. The Bertz CT molecular complexity index is 898. The predicted molar refractivity (Wildman–Crippen MR) is 217 cm³/mol. The Balaban J connectivity index is 4.37. The van der Waals surface area contributed by atoms with E-state index in [0.29, 0.717) is 17.4 Å². The van der Waals surface area contributed by atoms with Crippen molar-refractivity contribution in [2.45, 2.75) is 212 Å². The first-order chi connectivity index (χ1) is 25.4. The first-order valence-corrected chi connectivity index (χ1v) is 23.3. The van der Waals surface area contributed by atoms with Crippen molar-refractivity contribution in [3.05, 3.63) is 0 Å². The van der Waals surface area contributed by atoms with Crippen LogP contribution in [0.5, 0.6) is 0 Å². The van der Waals surface area contributed by atoms with Crippen molar-refractivity contribution in [2.24, 2.45) is 0 Å². The molecule has 0 fully saturated rings. The van der Waals surface area contributed by atoms with Gasteiger partial charge in [-0.2, -0.15) is 0 Å². The fourth-order valence-corrected chi connectivity index (χ4v) is 6.95. The Hall–Kier alpha value is -1.03. The van der Waals surface area contributed by atoms with E-state index in [4.69, 9.17) is 18.5 Å². The number of aliphatic hydroxyl groups is 1. The fourth-order valence-electron chi connectivity index (χ4n) is 6.21. The highest BCUT2D eigenvalue weighted by Gasteiger charge is 2.27. The molecule has 0 saturated heterocycles. The minimum Gasteiger partial charge on any atom is -0.462 e. The molecule has 0 spiro atoms. The Morgan fingerprint density at radius 2 is 0.962 bits per heavy atom. The summed E-state index contributed by atoms with van der Waals surface area (Å²) in [6.07, 6.45) is 30.2. The monoisotopic (exact) mass is 779 g/mol. The van der Waals surface area contributed by atoms with Crippen LogP contribution in [0.25, 0.3) is 0 Å². The van der Waals surface area contributed by atoms with E-state index in [0.717, 1.165) is 83.5 Å². The zero-order chi connectivity index (χ0) is 39.5. The van der Waals surface area contributed by atoms with Crippen LogP contribution in [0.15, 0.2) is 0 Å². The second-order valence-electron chi connectivity index (χ2n) is 16.3. The van der Waals surface area contributed by atoms with E-state index in [9.17, 15) is 24.2 Å². The molecule has 0 bridgehead atoms. The molecule has 0 rings (SSSR count). The van der Waals surface area contributed by atoms with E-state index in [1.165, 1.54) is 83.5 Å². The number of hydrogen-bond donors (Lipinski definition) is 2. The molecular weight excluding hydrogens is 693 g/mol. The van der Waals surface area contributed by atoms with Crippen LogP contribution >= 0.6 is 7.82 Å². The Morgan fingerprint density at radius 3 is 1.42 bits per heavy atom. The molecule has 0 aliphatic rings. The average molecular weight is 779 g/mol. The number of unbranched alkanes of at least 4 members (excludes halogenated alkanes) is 22. The number of aliphatic hydroxyl groups excluding tert-OH is 1. The predicted octanol–water partition coefficient (Wildman–Crippen LogP) is 11.0. The lowest BCUT2D eigenvalue weighted by Crippen LogP contribution is -2.37. The number of carbonyl (C=O) groups excluding carboxylic acids is 2. The third-order valence-electron chi connectivity index (χ3n) is 9.71. The van der Waals surface area contributed by atoms with Crippen LogP contribution < -0.4 is 0 Å². The number of quaternary nitrogens is 1. The number of carbonyl (C=O) groups is 2. The van der Waals surface area contributed by atoms with Crippen molar-refractivity contribution in [2.75, 3.05) is 47.5 Å². The van der Waals surface area contributed by atoms with E-state index in [-0.39, 0.29) is 38.1 Å². The molecule has 3 atom stereocenters. The van der Waals surface area contributed by atoms with Crippen LogP contribution in [-0.2, 0) is 32.7 Å². The van der Waals surface area contributed by atoms with Crippen molar-refractivity contribution in [1.82, 2.24) is 0 Å². The maximum Gasteiger partial charge on any atom is 0.472 e. The summed E-state index contributed by atoms with van der Waals surface area (Å²) in [6.45, 7) is 4.33. The number of esters is 2. The molecule has 0 radical (unpaired) electrons. The van der Waals surface area contributed by atoms with Crippen molar-refractivity contribution in [1.29, 1.82) is 0 Å². The minimum absolute atomic E-state index is 0.0260. The lowest BCUT2D eigenvalue weighted by molar-refractivity contribution is -0.870. The van der Waals surface area contributed by atoms with Gasteiger partial charge >= 0.3 is 19.8 Å². The van der Waals surface area contributed by atoms with Crippen LogP contribution in [0.2, 0.25) is 0 Å². The highest BCUT2D eigenvalue weighted by atomic mass is 31.2. The molecule has 11 heteroatoms. The molecule has 53 heavy (non-hydrogen) atoms. The van der Waals surface area contributed by atoms with E-state index in [2.05, 4.69) is 13.8 Å². The third kappa shape index (κ3) is 39.0. The Morgan fingerprint density at radius 1 is 0.566 bits per heavy atom. The molecule has 0 aromatic carbocycles. The summed E-state index contributed by atoms with van der Waals surface area (Å²) < 4.78 is 34.2. The molecule has 0 aliphatic carbocycles. The first-order valence-electron chi connectivity index (χ1n) is 21.8. The highest BCUT2D eigenvalue weighted by molar-refractivity contribution is 7.47. The summed E-state index contributed by atoms with van der Waals surface area (Å²) in [4.78, 5) is 35.3. The van der Waals surface area contributed by atoms with Gasteiger partial charge in [-0.25, -0.2) is 4.57 Å². The molecule has 316 valence electrons. The summed E-state index contributed by atoms with van der Waals surface area (Å²) in [5, 5.41) is 10.1. The molecular formula is C42H85NO9P+. The van der Waals surface area contributed by atoms with E-state index >= 15 is 0 Å². The van der Waals surface area contributed by atoms with Gasteiger partial charge in [0.05, 0.1) is 33.9 Å². The van der Waals surface area contributed by atoms with Crippen LogP contribution in [0.1, 0.15) is 200 Å². The summed E-state index contributed by atoms with van der Waals surface area (Å²) >= 11 is 0. The summed E-state index contributed by atoms with van der Waals surface area (Å²) in [5.74, 6) is -0.822. The van der Waals surface area contributed by atoms with Gasteiger partial charge < -0.3 is 24.0 Å². The van der Waals surface area contributed by atoms with Crippen LogP contribution in [0.3, 0.4) is 0 Å². The number of nitrogens with zero attached hydrogens (tertiary/aromatic N) is 1. The van der Waals surface area contributed by atoms with Gasteiger partial charge in [0.25, 0.3) is 0 Å². The molecule has 3 unspecified atom stereocenters. The maximum atomic E-state index is 12.7. The fraction of sp³-hybridized carbons (Fsp3) is 0.952. The number of ether oxygens (including phenoxy) is 2. The van der Waals surface area contributed by atoms with E-state index < -0.39 is 26.5 Å².